The van der Waals surface area contributed by atoms with Crippen LogP contribution in [0.4, 0.5) is 5.82 Å². The molecule has 0 aromatic carbocycles. The first-order valence-electron chi connectivity index (χ1n) is 5.52. The number of aromatic nitrogens is 2. The van der Waals surface area contributed by atoms with Crippen molar-refractivity contribution in [1.29, 1.82) is 0 Å². The highest BCUT2D eigenvalue weighted by atomic mass is 16.1. The van der Waals surface area contributed by atoms with Gasteiger partial charge in [-0.15, -0.1) is 5.10 Å². The normalized spacial score (nSPS) is 19.4. The predicted octanol–water partition coefficient (Wildman–Crippen LogP) is 2.08. The van der Waals surface area contributed by atoms with Crippen LogP contribution in [0.2, 0.25) is 0 Å². The van der Waals surface area contributed by atoms with Gasteiger partial charge in [-0.25, -0.2) is 0 Å². The third kappa shape index (κ3) is 2.66. The number of hydrogen-bond acceptors (Lipinski definition) is 3. The van der Waals surface area contributed by atoms with Gasteiger partial charge in [-0.2, -0.15) is 5.10 Å². The zero-order valence-electron chi connectivity index (χ0n) is 9.31. The van der Waals surface area contributed by atoms with Crippen molar-refractivity contribution in [1.82, 2.24) is 10.2 Å². The Kier molecular flexibility index (Phi) is 3.29. The first-order valence-corrected chi connectivity index (χ1v) is 5.52. The van der Waals surface area contributed by atoms with Gasteiger partial charge in [0.1, 0.15) is 0 Å². The molecule has 4 nitrogen and oxygen atoms in total. The zero-order valence-corrected chi connectivity index (χ0v) is 9.31. The molecule has 2 rings (SSSR count). The fraction of sp³-hybridized carbons (Fsp3) is 0.417. The second kappa shape index (κ2) is 4.88. The molecular weight excluding hydrogens is 202 g/mol. The van der Waals surface area contributed by atoms with E-state index in [1.165, 1.54) is 0 Å². The van der Waals surface area contributed by atoms with Gasteiger partial charge in [0, 0.05) is 5.92 Å². The second-order valence-electron chi connectivity index (χ2n) is 4.03. The SMILES string of the molecule is Cc1ccc(NC(=O)[C@@H]2CC=CCC2)nn1. The number of hydrogen-bond donors (Lipinski definition) is 1. The highest BCUT2D eigenvalue weighted by Crippen LogP contribution is 2.19. The summed E-state index contributed by atoms with van der Waals surface area (Å²) in [5, 5.41) is 10.6. The second-order valence-corrected chi connectivity index (χ2v) is 4.03. The van der Waals surface area contributed by atoms with E-state index in [4.69, 9.17) is 0 Å². The minimum Gasteiger partial charge on any atom is -0.309 e. The van der Waals surface area contributed by atoms with Crippen molar-refractivity contribution < 1.29 is 4.79 Å². The highest BCUT2D eigenvalue weighted by Gasteiger charge is 2.18. The number of aryl methyl sites for hydroxylation is 1. The molecule has 1 amide bonds. The van der Waals surface area contributed by atoms with Gasteiger partial charge in [0.25, 0.3) is 0 Å². The summed E-state index contributed by atoms with van der Waals surface area (Å²) in [6.45, 7) is 1.87. The van der Waals surface area contributed by atoms with Gasteiger partial charge in [-0.05, 0) is 38.3 Å². The lowest BCUT2D eigenvalue weighted by Gasteiger charge is -2.16. The Morgan fingerprint density at radius 1 is 1.38 bits per heavy atom. The Bertz CT molecular complexity index is 397. The van der Waals surface area contributed by atoms with E-state index in [1.807, 2.05) is 13.0 Å². The smallest absolute Gasteiger partial charge is 0.229 e. The van der Waals surface area contributed by atoms with E-state index < -0.39 is 0 Å². The molecule has 1 N–H and O–H groups in total. The van der Waals surface area contributed by atoms with Crippen LogP contribution in [-0.4, -0.2) is 16.1 Å². The number of nitrogens with one attached hydrogen (secondary N) is 1. The number of carbonyl (C=O) groups is 1. The van der Waals surface area contributed by atoms with Crippen molar-refractivity contribution in [3.05, 3.63) is 30.0 Å². The van der Waals surface area contributed by atoms with E-state index in [1.54, 1.807) is 6.07 Å². The van der Waals surface area contributed by atoms with E-state index in [0.29, 0.717) is 5.82 Å². The summed E-state index contributed by atoms with van der Waals surface area (Å²) in [6.07, 6.45) is 6.91. The van der Waals surface area contributed by atoms with Crippen LogP contribution < -0.4 is 5.32 Å². The van der Waals surface area contributed by atoms with Crippen molar-refractivity contribution in [2.75, 3.05) is 5.32 Å². The maximum absolute atomic E-state index is 11.8. The average Bonchev–Trinajstić information content (AvgIpc) is 2.33. The Morgan fingerprint density at radius 2 is 2.25 bits per heavy atom. The van der Waals surface area contributed by atoms with Crippen LogP contribution in [0.1, 0.15) is 25.0 Å². The minimum absolute atomic E-state index is 0.0440. The lowest BCUT2D eigenvalue weighted by molar-refractivity contribution is -0.120. The molecule has 0 fully saturated rings. The molecule has 1 aromatic heterocycles. The van der Waals surface area contributed by atoms with Crippen LogP contribution in [0, 0.1) is 12.8 Å². The molecular formula is C12H15N3O. The lowest BCUT2D eigenvalue weighted by Crippen LogP contribution is -2.24. The van der Waals surface area contributed by atoms with Gasteiger partial charge in [-0.3, -0.25) is 4.79 Å². The van der Waals surface area contributed by atoms with Gasteiger partial charge in [0.2, 0.25) is 5.91 Å². The standard InChI is InChI=1S/C12H15N3O/c1-9-7-8-11(15-14-9)13-12(16)10-5-3-2-4-6-10/h2-3,7-8,10H,4-6H2,1H3,(H,13,15,16)/t10-/m1/s1. The monoisotopic (exact) mass is 217 g/mol. The first kappa shape index (κ1) is 10.8. The Hall–Kier alpha value is -1.71. The van der Waals surface area contributed by atoms with E-state index in [0.717, 1.165) is 25.0 Å². The third-order valence-electron chi connectivity index (χ3n) is 2.69. The summed E-state index contributed by atoms with van der Waals surface area (Å²) >= 11 is 0. The van der Waals surface area contributed by atoms with Crippen molar-refractivity contribution in [3.63, 3.8) is 0 Å². The summed E-state index contributed by atoms with van der Waals surface area (Å²) in [5.74, 6) is 0.653. The van der Waals surface area contributed by atoms with Crippen molar-refractivity contribution in [3.8, 4) is 0 Å². The molecule has 1 aliphatic rings. The zero-order chi connectivity index (χ0) is 11.4. The maximum Gasteiger partial charge on any atom is 0.229 e. The molecule has 0 spiro atoms. The van der Waals surface area contributed by atoms with Crippen LogP contribution in [-0.2, 0) is 4.79 Å². The Labute approximate surface area is 94.8 Å². The number of amides is 1. The van der Waals surface area contributed by atoms with E-state index >= 15 is 0 Å². The van der Waals surface area contributed by atoms with Gasteiger partial charge in [0.15, 0.2) is 5.82 Å². The fourth-order valence-corrected chi connectivity index (χ4v) is 1.73. The molecule has 1 heterocycles. The van der Waals surface area contributed by atoms with Crippen LogP contribution in [0.15, 0.2) is 24.3 Å². The summed E-state index contributed by atoms with van der Waals surface area (Å²) in [7, 11) is 0. The van der Waals surface area contributed by atoms with Crippen LogP contribution in [0.5, 0.6) is 0 Å². The first-order chi connectivity index (χ1) is 7.75. The summed E-state index contributed by atoms with van der Waals surface area (Å²) < 4.78 is 0. The number of carbonyl (C=O) groups excluding carboxylic acids is 1. The maximum atomic E-state index is 11.8. The molecule has 0 bridgehead atoms. The van der Waals surface area contributed by atoms with Crippen molar-refractivity contribution in [2.45, 2.75) is 26.2 Å². The lowest BCUT2D eigenvalue weighted by atomic mass is 9.94. The molecule has 1 atom stereocenters. The number of nitrogens with zero attached hydrogens (tertiary/aromatic N) is 2. The van der Waals surface area contributed by atoms with E-state index in [2.05, 4.69) is 27.7 Å². The highest BCUT2D eigenvalue weighted by molar-refractivity contribution is 5.91. The molecule has 16 heavy (non-hydrogen) atoms. The van der Waals surface area contributed by atoms with Gasteiger partial charge >= 0.3 is 0 Å². The molecule has 0 saturated carbocycles. The largest absolute Gasteiger partial charge is 0.309 e. The molecule has 0 saturated heterocycles. The average molecular weight is 217 g/mol. The molecule has 0 aliphatic heterocycles. The Morgan fingerprint density at radius 3 is 2.88 bits per heavy atom. The van der Waals surface area contributed by atoms with Crippen molar-refractivity contribution in [2.24, 2.45) is 5.92 Å². The van der Waals surface area contributed by atoms with Gasteiger partial charge in [-0.1, -0.05) is 12.2 Å². The van der Waals surface area contributed by atoms with Crippen LogP contribution in [0.3, 0.4) is 0 Å². The number of anilines is 1. The molecule has 1 aliphatic carbocycles. The van der Waals surface area contributed by atoms with Gasteiger partial charge in [0.05, 0.1) is 5.69 Å². The molecule has 84 valence electrons. The quantitative estimate of drug-likeness (QED) is 0.772. The molecule has 4 heteroatoms. The number of rotatable bonds is 2. The van der Waals surface area contributed by atoms with Crippen LogP contribution >= 0.6 is 0 Å². The molecule has 0 unspecified atom stereocenters. The summed E-state index contributed by atoms with van der Waals surface area (Å²) in [6, 6.07) is 3.61. The number of allylic oxidation sites excluding steroid dienone is 2. The molecule has 0 radical (unpaired) electrons. The Balaban J connectivity index is 1.96. The topological polar surface area (TPSA) is 54.9 Å². The fourth-order valence-electron chi connectivity index (χ4n) is 1.73. The third-order valence-corrected chi connectivity index (χ3v) is 2.69. The van der Waals surface area contributed by atoms with E-state index in [-0.39, 0.29) is 11.8 Å². The minimum atomic E-state index is 0.0440. The summed E-state index contributed by atoms with van der Waals surface area (Å²) in [4.78, 5) is 11.8. The summed E-state index contributed by atoms with van der Waals surface area (Å²) in [5.41, 5.74) is 0.846. The predicted molar refractivity (Wildman–Crippen MR) is 61.9 cm³/mol. The van der Waals surface area contributed by atoms with Crippen molar-refractivity contribution >= 4 is 11.7 Å². The van der Waals surface area contributed by atoms with E-state index in [9.17, 15) is 4.79 Å². The van der Waals surface area contributed by atoms with Gasteiger partial charge < -0.3 is 5.32 Å². The van der Waals surface area contributed by atoms with Crippen LogP contribution in [0.25, 0.3) is 0 Å². The molecule has 1 aromatic rings.